The van der Waals surface area contributed by atoms with E-state index in [1.807, 2.05) is 71.6 Å². The zero-order chi connectivity index (χ0) is 16.4. The molecule has 4 rings (SSSR count). The van der Waals surface area contributed by atoms with Crippen LogP contribution < -0.4 is 5.32 Å². The first kappa shape index (κ1) is 14.3. The molecule has 5 heteroatoms. The van der Waals surface area contributed by atoms with Gasteiger partial charge in [-0.15, -0.1) is 0 Å². The van der Waals surface area contributed by atoms with Crippen molar-refractivity contribution in [2.24, 2.45) is 0 Å². The van der Waals surface area contributed by atoms with Crippen molar-refractivity contribution in [3.05, 3.63) is 84.4 Å². The van der Waals surface area contributed by atoms with E-state index in [0.717, 1.165) is 22.5 Å². The molecule has 4 aromatic rings. The van der Waals surface area contributed by atoms with Crippen LogP contribution in [0.15, 0.2) is 73.1 Å². The van der Waals surface area contributed by atoms with Crippen molar-refractivity contribution in [3.8, 4) is 5.69 Å². The van der Waals surface area contributed by atoms with E-state index in [1.54, 1.807) is 6.07 Å². The molecule has 2 N–H and O–H groups in total. The first-order valence-corrected chi connectivity index (χ1v) is 7.75. The van der Waals surface area contributed by atoms with Crippen LogP contribution in [-0.2, 0) is 6.54 Å². The van der Waals surface area contributed by atoms with Crippen molar-refractivity contribution in [1.82, 2.24) is 19.9 Å². The molecule has 0 unspecified atom stereocenters. The van der Waals surface area contributed by atoms with Gasteiger partial charge < -0.3 is 14.9 Å². The van der Waals surface area contributed by atoms with Gasteiger partial charge in [0, 0.05) is 23.6 Å². The largest absolute Gasteiger partial charge is 0.345 e. The van der Waals surface area contributed by atoms with Crippen LogP contribution in [0.1, 0.15) is 16.2 Å². The van der Waals surface area contributed by atoms with Crippen LogP contribution in [0.3, 0.4) is 0 Å². The third-order valence-electron chi connectivity index (χ3n) is 3.87. The molecule has 2 heterocycles. The van der Waals surface area contributed by atoms with Crippen LogP contribution >= 0.6 is 0 Å². The number of hydrogen-bond donors (Lipinski definition) is 2. The normalized spacial score (nSPS) is 10.8. The number of rotatable bonds is 4. The minimum Gasteiger partial charge on any atom is -0.345 e. The standard InChI is InChI=1S/C19H16N4O/c24-19(14-6-5-7-15(12-14)23-10-3-4-11-23)20-13-18-21-16-8-1-2-9-17(16)22-18/h1-12H,13H2,(H,20,24)(H,21,22). The highest BCUT2D eigenvalue weighted by atomic mass is 16.1. The summed E-state index contributed by atoms with van der Waals surface area (Å²) in [7, 11) is 0. The van der Waals surface area contributed by atoms with Crippen molar-refractivity contribution < 1.29 is 4.79 Å². The molecule has 0 saturated carbocycles. The van der Waals surface area contributed by atoms with Crippen molar-refractivity contribution in [2.45, 2.75) is 6.54 Å². The summed E-state index contributed by atoms with van der Waals surface area (Å²) in [6.45, 7) is 0.362. The molecule has 5 nitrogen and oxygen atoms in total. The molecule has 0 aliphatic rings. The minimum atomic E-state index is -0.121. The summed E-state index contributed by atoms with van der Waals surface area (Å²) in [6, 6.07) is 19.2. The summed E-state index contributed by atoms with van der Waals surface area (Å²) in [5.74, 6) is 0.621. The highest BCUT2D eigenvalue weighted by Crippen LogP contribution is 2.12. The number of nitrogens with one attached hydrogen (secondary N) is 2. The lowest BCUT2D eigenvalue weighted by atomic mass is 10.2. The molecule has 24 heavy (non-hydrogen) atoms. The van der Waals surface area contributed by atoms with Gasteiger partial charge in [0.25, 0.3) is 5.91 Å². The smallest absolute Gasteiger partial charge is 0.251 e. The fourth-order valence-corrected chi connectivity index (χ4v) is 2.67. The molecular formula is C19H16N4O. The molecule has 0 radical (unpaired) electrons. The maximum absolute atomic E-state index is 12.4. The van der Waals surface area contributed by atoms with Crippen LogP contribution in [0.2, 0.25) is 0 Å². The molecule has 0 fully saturated rings. The number of hydrogen-bond acceptors (Lipinski definition) is 2. The maximum Gasteiger partial charge on any atom is 0.251 e. The van der Waals surface area contributed by atoms with Gasteiger partial charge in [0.15, 0.2) is 0 Å². The molecule has 2 aromatic carbocycles. The number of amides is 1. The van der Waals surface area contributed by atoms with Gasteiger partial charge in [-0.3, -0.25) is 4.79 Å². The highest BCUT2D eigenvalue weighted by Gasteiger charge is 2.08. The van der Waals surface area contributed by atoms with E-state index >= 15 is 0 Å². The van der Waals surface area contributed by atoms with Crippen molar-refractivity contribution in [3.63, 3.8) is 0 Å². The zero-order valence-electron chi connectivity index (χ0n) is 12.9. The Bertz CT molecular complexity index is 952. The lowest BCUT2D eigenvalue weighted by Gasteiger charge is -2.07. The predicted octanol–water partition coefficient (Wildman–Crippen LogP) is 3.28. The molecule has 0 aliphatic carbocycles. The number of H-pyrrole nitrogens is 1. The molecule has 1 amide bonds. The van der Waals surface area contributed by atoms with Crippen LogP contribution in [0, 0.1) is 0 Å². The van der Waals surface area contributed by atoms with Crippen LogP contribution in [0.4, 0.5) is 0 Å². The summed E-state index contributed by atoms with van der Waals surface area (Å²) in [4.78, 5) is 20.1. The molecule has 0 saturated heterocycles. The average molecular weight is 316 g/mol. The molecule has 0 bridgehead atoms. The number of carbonyl (C=O) groups is 1. The number of imidazole rings is 1. The molecule has 118 valence electrons. The number of aromatic amines is 1. The van der Waals surface area contributed by atoms with Crippen LogP contribution in [0.25, 0.3) is 16.7 Å². The lowest BCUT2D eigenvalue weighted by molar-refractivity contribution is 0.0950. The third kappa shape index (κ3) is 2.79. The Kier molecular flexibility index (Phi) is 3.59. The number of para-hydroxylation sites is 2. The first-order chi connectivity index (χ1) is 11.8. The quantitative estimate of drug-likeness (QED) is 0.607. The maximum atomic E-state index is 12.4. The van der Waals surface area contributed by atoms with Gasteiger partial charge in [0.05, 0.1) is 17.6 Å². The summed E-state index contributed by atoms with van der Waals surface area (Å²) in [6.07, 6.45) is 3.90. The van der Waals surface area contributed by atoms with Gasteiger partial charge in [-0.05, 0) is 42.5 Å². The number of nitrogens with zero attached hydrogens (tertiary/aromatic N) is 2. The molecule has 0 aliphatic heterocycles. The summed E-state index contributed by atoms with van der Waals surface area (Å²) >= 11 is 0. The van der Waals surface area contributed by atoms with E-state index in [4.69, 9.17) is 0 Å². The van der Waals surface area contributed by atoms with Gasteiger partial charge in [0.2, 0.25) is 0 Å². The minimum absolute atomic E-state index is 0.121. The second kappa shape index (κ2) is 6.04. The SMILES string of the molecule is O=C(NCc1nc2ccccc2[nH]1)c1cccc(-n2cccc2)c1. The second-order valence-electron chi connectivity index (χ2n) is 5.52. The van der Waals surface area contributed by atoms with E-state index in [1.165, 1.54) is 0 Å². The van der Waals surface area contributed by atoms with E-state index in [9.17, 15) is 4.79 Å². The Morgan fingerprint density at radius 3 is 2.71 bits per heavy atom. The van der Waals surface area contributed by atoms with E-state index in [-0.39, 0.29) is 5.91 Å². The number of fused-ring (bicyclic) bond motifs is 1. The average Bonchev–Trinajstić information content (AvgIpc) is 3.29. The summed E-state index contributed by atoms with van der Waals surface area (Å²) in [5.41, 5.74) is 3.45. The molecular weight excluding hydrogens is 300 g/mol. The fourth-order valence-electron chi connectivity index (χ4n) is 2.67. The van der Waals surface area contributed by atoms with Crippen molar-refractivity contribution >= 4 is 16.9 Å². The second-order valence-corrected chi connectivity index (χ2v) is 5.52. The van der Waals surface area contributed by atoms with Gasteiger partial charge in [0.1, 0.15) is 5.82 Å². The first-order valence-electron chi connectivity index (χ1n) is 7.75. The third-order valence-corrected chi connectivity index (χ3v) is 3.87. The lowest BCUT2D eigenvalue weighted by Crippen LogP contribution is -2.23. The summed E-state index contributed by atoms with van der Waals surface area (Å²) < 4.78 is 1.97. The van der Waals surface area contributed by atoms with Gasteiger partial charge >= 0.3 is 0 Å². The number of carbonyl (C=O) groups excluding carboxylic acids is 1. The zero-order valence-corrected chi connectivity index (χ0v) is 12.9. The van der Waals surface area contributed by atoms with Crippen molar-refractivity contribution in [1.29, 1.82) is 0 Å². The highest BCUT2D eigenvalue weighted by molar-refractivity contribution is 5.94. The van der Waals surface area contributed by atoms with Gasteiger partial charge in [-0.2, -0.15) is 0 Å². The van der Waals surface area contributed by atoms with E-state index in [0.29, 0.717) is 12.1 Å². The van der Waals surface area contributed by atoms with E-state index in [2.05, 4.69) is 15.3 Å². The summed E-state index contributed by atoms with van der Waals surface area (Å²) in [5, 5.41) is 2.91. The van der Waals surface area contributed by atoms with Gasteiger partial charge in [-0.25, -0.2) is 4.98 Å². The Morgan fingerprint density at radius 1 is 1.04 bits per heavy atom. The number of benzene rings is 2. The Hall–Kier alpha value is -3.34. The topological polar surface area (TPSA) is 62.7 Å². The Labute approximate surface area is 139 Å². The number of aromatic nitrogens is 3. The fraction of sp³-hybridized carbons (Fsp3) is 0.0526. The Morgan fingerprint density at radius 2 is 1.88 bits per heavy atom. The van der Waals surface area contributed by atoms with Crippen LogP contribution in [0.5, 0.6) is 0 Å². The monoisotopic (exact) mass is 316 g/mol. The van der Waals surface area contributed by atoms with Crippen LogP contribution in [-0.4, -0.2) is 20.4 Å². The molecule has 0 atom stereocenters. The van der Waals surface area contributed by atoms with Gasteiger partial charge in [-0.1, -0.05) is 18.2 Å². The van der Waals surface area contributed by atoms with E-state index < -0.39 is 0 Å². The predicted molar refractivity (Wildman–Crippen MR) is 93.0 cm³/mol. The Balaban J connectivity index is 1.49. The molecule has 2 aromatic heterocycles. The molecule has 0 spiro atoms. The van der Waals surface area contributed by atoms with Crippen molar-refractivity contribution in [2.75, 3.05) is 0 Å².